The van der Waals surface area contributed by atoms with Crippen molar-refractivity contribution >= 4 is 17.5 Å². The van der Waals surface area contributed by atoms with Crippen molar-refractivity contribution in [2.45, 2.75) is 25.9 Å². The summed E-state index contributed by atoms with van der Waals surface area (Å²) in [5, 5.41) is 9.45. The minimum atomic E-state index is 0.0832. The second kappa shape index (κ2) is 8.09. The smallest absolute Gasteiger partial charge is 0.196 e. The summed E-state index contributed by atoms with van der Waals surface area (Å²) >= 11 is 1.39. The Kier molecular flexibility index (Phi) is 5.36. The molecule has 0 amide bonds. The van der Waals surface area contributed by atoms with Crippen molar-refractivity contribution in [2.24, 2.45) is 0 Å². The van der Waals surface area contributed by atoms with E-state index in [4.69, 9.17) is 4.42 Å². The summed E-state index contributed by atoms with van der Waals surface area (Å²) in [4.78, 5) is 12.8. The average molecular weight is 404 g/mol. The van der Waals surface area contributed by atoms with Gasteiger partial charge in [0.05, 0.1) is 17.6 Å². The molecule has 0 aliphatic heterocycles. The highest BCUT2D eigenvalue weighted by Gasteiger charge is 2.20. The monoisotopic (exact) mass is 403 g/mol. The first-order valence-electron chi connectivity index (χ1n) is 9.33. The molecule has 0 unspecified atom stereocenters. The highest BCUT2D eigenvalue weighted by Crippen LogP contribution is 2.30. The van der Waals surface area contributed by atoms with Gasteiger partial charge in [-0.25, -0.2) is 0 Å². The number of ketones is 1. The van der Waals surface area contributed by atoms with E-state index in [2.05, 4.69) is 10.2 Å². The number of hydrogen-bond donors (Lipinski definition) is 0. The van der Waals surface area contributed by atoms with E-state index in [-0.39, 0.29) is 5.78 Å². The van der Waals surface area contributed by atoms with Gasteiger partial charge in [-0.1, -0.05) is 47.7 Å². The first-order valence-corrected chi connectivity index (χ1v) is 10.3. The Morgan fingerprint density at radius 3 is 2.55 bits per heavy atom. The predicted octanol–water partition coefficient (Wildman–Crippen LogP) is 5.43. The zero-order valence-electron chi connectivity index (χ0n) is 16.5. The summed E-state index contributed by atoms with van der Waals surface area (Å²) < 4.78 is 7.43. The molecule has 0 spiro atoms. The second-order valence-corrected chi connectivity index (χ2v) is 7.84. The molecule has 2 heterocycles. The van der Waals surface area contributed by atoms with Gasteiger partial charge in [-0.05, 0) is 50.6 Å². The maximum atomic E-state index is 12.8. The standard InChI is InChI=1S/C23H21N3O2S/c1-15-9-10-16(2)20(13-15)21(27)14-29-23-25-24-22(19-11-12-28-17(19)3)26(23)18-7-5-4-6-8-18/h4-13H,14H2,1-3H3. The van der Waals surface area contributed by atoms with Crippen molar-refractivity contribution in [2.75, 3.05) is 5.75 Å². The fraction of sp³-hybridized carbons (Fsp3) is 0.174. The Morgan fingerprint density at radius 1 is 1.03 bits per heavy atom. The van der Waals surface area contributed by atoms with E-state index in [1.54, 1.807) is 6.26 Å². The SMILES string of the molecule is Cc1ccc(C)c(C(=O)CSc2nnc(-c3ccoc3C)n2-c2ccccc2)c1. The Morgan fingerprint density at radius 2 is 1.83 bits per heavy atom. The summed E-state index contributed by atoms with van der Waals surface area (Å²) in [6.45, 7) is 5.86. The van der Waals surface area contributed by atoms with Gasteiger partial charge in [0, 0.05) is 11.3 Å². The number of aromatic nitrogens is 3. The van der Waals surface area contributed by atoms with Crippen LogP contribution in [0.15, 0.2) is 70.4 Å². The normalized spacial score (nSPS) is 11.0. The highest BCUT2D eigenvalue weighted by molar-refractivity contribution is 7.99. The van der Waals surface area contributed by atoms with Gasteiger partial charge in [0.15, 0.2) is 16.8 Å². The molecule has 0 saturated carbocycles. The van der Waals surface area contributed by atoms with Crippen LogP contribution in [-0.2, 0) is 0 Å². The van der Waals surface area contributed by atoms with Gasteiger partial charge in [0.2, 0.25) is 0 Å². The van der Waals surface area contributed by atoms with Gasteiger partial charge < -0.3 is 4.42 Å². The van der Waals surface area contributed by atoms with E-state index in [1.807, 2.05) is 79.9 Å². The molecule has 0 bridgehead atoms. The van der Waals surface area contributed by atoms with Crippen LogP contribution in [0.25, 0.3) is 17.1 Å². The number of benzene rings is 2. The quantitative estimate of drug-likeness (QED) is 0.317. The number of carbonyl (C=O) groups excluding carboxylic acids is 1. The van der Waals surface area contributed by atoms with Crippen LogP contribution in [0.1, 0.15) is 27.2 Å². The number of thioether (sulfide) groups is 1. The van der Waals surface area contributed by atoms with Gasteiger partial charge in [0.1, 0.15) is 5.76 Å². The minimum absolute atomic E-state index is 0.0832. The number of carbonyl (C=O) groups is 1. The van der Waals surface area contributed by atoms with Crippen LogP contribution in [0.4, 0.5) is 0 Å². The molecule has 29 heavy (non-hydrogen) atoms. The number of rotatable bonds is 6. The molecule has 146 valence electrons. The molecule has 0 N–H and O–H groups in total. The molecule has 0 atom stereocenters. The molecule has 2 aromatic heterocycles. The molecule has 0 aliphatic rings. The Bertz CT molecular complexity index is 1160. The maximum absolute atomic E-state index is 12.8. The molecule has 4 aromatic rings. The lowest BCUT2D eigenvalue weighted by atomic mass is 10.0. The lowest BCUT2D eigenvalue weighted by Crippen LogP contribution is -2.07. The summed E-state index contributed by atoms with van der Waals surface area (Å²) in [7, 11) is 0. The van der Waals surface area contributed by atoms with Crippen LogP contribution in [0.5, 0.6) is 0 Å². The van der Waals surface area contributed by atoms with Crippen molar-refractivity contribution in [3.8, 4) is 17.1 Å². The molecular weight excluding hydrogens is 382 g/mol. The molecule has 0 fully saturated rings. The van der Waals surface area contributed by atoms with Gasteiger partial charge >= 0.3 is 0 Å². The van der Waals surface area contributed by atoms with Crippen LogP contribution < -0.4 is 0 Å². The van der Waals surface area contributed by atoms with E-state index in [9.17, 15) is 4.79 Å². The van der Waals surface area contributed by atoms with Gasteiger partial charge in [0.25, 0.3) is 0 Å². The summed E-state index contributed by atoms with van der Waals surface area (Å²) in [5.74, 6) is 1.85. The number of para-hydroxylation sites is 1. The minimum Gasteiger partial charge on any atom is -0.469 e. The van der Waals surface area contributed by atoms with Crippen LogP contribution >= 0.6 is 11.8 Å². The zero-order valence-corrected chi connectivity index (χ0v) is 17.4. The van der Waals surface area contributed by atoms with Crippen molar-refractivity contribution in [1.29, 1.82) is 0 Å². The van der Waals surface area contributed by atoms with Crippen LogP contribution in [0.3, 0.4) is 0 Å². The van der Waals surface area contributed by atoms with E-state index in [1.165, 1.54) is 11.8 Å². The molecule has 5 nitrogen and oxygen atoms in total. The van der Waals surface area contributed by atoms with E-state index in [0.29, 0.717) is 16.7 Å². The Labute approximate surface area is 173 Å². The highest BCUT2D eigenvalue weighted by atomic mass is 32.2. The summed E-state index contributed by atoms with van der Waals surface area (Å²) in [6, 6.07) is 17.7. The van der Waals surface area contributed by atoms with E-state index < -0.39 is 0 Å². The number of furan rings is 1. The molecule has 6 heteroatoms. The molecule has 4 rings (SSSR count). The fourth-order valence-electron chi connectivity index (χ4n) is 3.21. The average Bonchev–Trinajstić information content (AvgIpc) is 3.34. The Balaban J connectivity index is 1.68. The van der Waals surface area contributed by atoms with Gasteiger partial charge in [-0.3, -0.25) is 9.36 Å². The van der Waals surface area contributed by atoms with Crippen LogP contribution in [-0.4, -0.2) is 26.3 Å². The number of aryl methyl sites for hydroxylation is 3. The van der Waals surface area contributed by atoms with Gasteiger partial charge in [-0.2, -0.15) is 0 Å². The predicted molar refractivity (Wildman–Crippen MR) is 115 cm³/mol. The van der Waals surface area contributed by atoms with Crippen molar-refractivity contribution in [3.05, 3.63) is 83.3 Å². The van der Waals surface area contributed by atoms with E-state index >= 15 is 0 Å². The summed E-state index contributed by atoms with van der Waals surface area (Å²) in [6.07, 6.45) is 1.64. The first-order chi connectivity index (χ1) is 14.0. The first kappa shape index (κ1) is 19.2. The maximum Gasteiger partial charge on any atom is 0.196 e. The van der Waals surface area contributed by atoms with Gasteiger partial charge in [-0.15, -0.1) is 10.2 Å². The van der Waals surface area contributed by atoms with Crippen LogP contribution in [0.2, 0.25) is 0 Å². The largest absolute Gasteiger partial charge is 0.469 e. The molecular formula is C23H21N3O2S. The zero-order chi connectivity index (χ0) is 20.4. The number of hydrogen-bond acceptors (Lipinski definition) is 5. The molecule has 2 aromatic carbocycles. The lowest BCUT2D eigenvalue weighted by Gasteiger charge is -2.10. The lowest BCUT2D eigenvalue weighted by molar-refractivity contribution is 0.102. The number of nitrogens with zero attached hydrogens (tertiary/aromatic N) is 3. The molecule has 0 aliphatic carbocycles. The third-order valence-corrected chi connectivity index (χ3v) is 5.70. The van der Waals surface area contributed by atoms with Crippen molar-refractivity contribution in [3.63, 3.8) is 0 Å². The van der Waals surface area contributed by atoms with Crippen molar-refractivity contribution < 1.29 is 9.21 Å². The Hall–Kier alpha value is -3.12. The fourth-order valence-corrected chi connectivity index (χ4v) is 4.04. The second-order valence-electron chi connectivity index (χ2n) is 6.90. The van der Waals surface area contributed by atoms with E-state index in [0.717, 1.165) is 33.7 Å². The number of Topliss-reactive ketones (excluding diaryl/α,β-unsaturated/α-hetero) is 1. The third kappa shape index (κ3) is 3.89. The van der Waals surface area contributed by atoms with Crippen molar-refractivity contribution in [1.82, 2.24) is 14.8 Å². The topological polar surface area (TPSA) is 60.9 Å². The molecule has 0 saturated heterocycles. The summed E-state index contributed by atoms with van der Waals surface area (Å²) in [5.41, 5.74) is 4.65. The molecule has 0 radical (unpaired) electrons. The third-order valence-electron chi connectivity index (χ3n) is 4.77. The van der Waals surface area contributed by atoms with Crippen LogP contribution in [0, 0.1) is 20.8 Å².